The topological polar surface area (TPSA) is 104 Å². The van der Waals surface area contributed by atoms with Gasteiger partial charge in [-0.3, -0.25) is 14.3 Å². The lowest BCUT2D eigenvalue weighted by Crippen LogP contribution is -2.32. The largest absolute Gasteiger partial charge is 0.350 e. The molecule has 2 amide bonds. The number of amides is 2. The summed E-state index contributed by atoms with van der Waals surface area (Å²) < 4.78 is 1.86. The second-order valence-corrected chi connectivity index (χ2v) is 7.62. The van der Waals surface area contributed by atoms with Gasteiger partial charge in [-0.15, -0.1) is 0 Å². The third kappa shape index (κ3) is 4.46. The van der Waals surface area contributed by atoms with E-state index in [0.29, 0.717) is 25.1 Å². The Bertz CT molecular complexity index is 1120. The number of carbonyl (C=O) groups excluding carboxylic acids is 2. The lowest BCUT2D eigenvalue weighted by Gasteiger charge is -2.24. The Hall–Kier alpha value is -3.99. The third-order valence-corrected chi connectivity index (χ3v) is 5.53. The third-order valence-electron chi connectivity index (χ3n) is 5.53. The van der Waals surface area contributed by atoms with Crippen LogP contribution in [0, 0.1) is 17.2 Å². The van der Waals surface area contributed by atoms with Gasteiger partial charge in [-0.1, -0.05) is 30.3 Å². The van der Waals surface area contributed by atoms with Crippen LogP contribution >= 0.6 is 0 Å². The maximum Gasteiger partial charge on any atom is 0.269 e. The fourth-order valence-electron chi connectivity index (χ4n) is 3.93. The van der Waals surface area contributed by atoms with E-state index in [1.165, 1.54) is 12.3 Å². The van der Waals surface area contributed by atoms with Gasteiger partial charge in [0, 0.05) is 43.9 Å². The molecule has 156 valence electrons. The number of nitrogens with zero attached hydrogens (tertiary/aromatic N) is 5. The number of carbonyl (C=O) groups is 2. The van der Waals surface area contributed by atoms with E-state index >= 15 is 0 Å². The fourth-order valence-corrected chi connectivity index (χ4v) is 3.93. The van der Waals surface area contributed by atoms with Gasteiger partial charge in [0.1, 0.15) is 11.8 Å². The monoisotopic (exact) mass is 414 g/mol. The summed E-state index contributed by atoms with van der Waals surface area (Å²) >= 11 is 0. The van der Waals surface area contributed by atoms with Gasteiger partial charge in [-0.05, 0) is 17.7 Å². The summed E-state index contributed by atoms with van der Waals surface area (Å²) in [6, 6.07) is 14.9. The van der Waals surface area contributed by atoms with E-state index in [0.717, 1.165) is 11.1 Å². The predicted molar refractivity (Wildman–Crippen MR) is 113 cm³/mol. The van der Waals surface area contributed by atoms with E-state index in [-0.39, 0.29) is 29.5 Å². The first-order chi connectivity index (χ1) is 15.0. The van der Waals surface area contributed by atoms with Crippen LogP contribution in [0.15, 0.2) is 61.1 Å². The zero-order valence-electron chi connectivity index (χ0n) is 17.1. The summed E-state index contributed by atoms with van der Waals surface area (Å²) in [6.45, 7) is 0.988. The molecule has 1 aliphatic rings. The Morgan fingerprint density at radius 3 is 2.74 bits per heavy atom. The molecule has 1 N–H and O–H groups in total. The Morgan fingerprint density at radius 2 is 2.03 bits per heavy atom. The van der Waals surface area contributed by atoms with Crippen LogP contribution < -0.4 is 5.32 Å². The van der Waals surface area contributed by atoms with Gasteiger partial charge in [0.25, 0.3) is 5.91 Å². The molecule has 0 unspecified atom stereocenters. The number of benzene rings is 1. The van der Waals surface area contributed by atoms with Crippen molar-refractivity contribution in [1.29, 1.82) is 5.26 Å². The van der Waals surface area contributed by atoms with Crippen LogP contribution in [-0.4, -0.2) is 45.1 Å². The van der Waals surface area contributed by atoms with Crippen molar-refractivity contribution in [2.75, 3.05) is 13.6 Å². The molecule has 0 radical (unpaired) electrons. The second-order valence-electron chi connectivity index (χ2n) is 7.62. The van der Waals surface area contributed by atoms with Crippen molar-refractivity contribution in [1.82, 2.24) is 25.0 Å². The van der Waals surface area contributed by atoms with Gasteiger partial charge >= 0.3 is 0 Å². The minimum absolute atomic E-state index is 0.0385. The number of nitrogens with one attached hydrogen (secondary N) is 1. The zero-order valence-corrected chi connectivity index (χ0v) is 17.1. The van der Waals surface area contributed by atoms with Gasteiger partial charge < -0.3 is 10.2 Å². The van der Waals surface area contributed by atoms with Crippen LogP contribution in [0.5, 0.6) is 0 Å². The summed E-state index contributed by atoms with van der Waals surface area (Å²) in [5.74, 6) is -0.365. The molecule has 1 aliphatic heterocycles. The van der Waals surface area contributed by atoms with E-state index in [4.69, 9.17) is 5.26 Å². The molecule has 2 atom stereocenters. The van der Waals surface area contributed by atoms with Crippen LogP contribution in [0.2, 0.25) is 0 Å². The molecule has 4 rings (SSSR count). The van der Waals surface area contributed by atoms with E-state index in [9.17, 15) is 9.59 Å². The Kier molecular flexibility index (Phi) is 5.76. The van der Waals surface area contributed by atoms with Gasteiger partial charge in [0.2, 0.25) is 5.91 Å². The van der Waals surface area contributed by atoms with Crippen LogP contribution in [-0.2, 0) is 11.3 Å². The predicted octanol–water partition coefficient (Wildman–Crippen LogP) is 2.15. The number of aromatic nitrogens is 3. The van der Waals surface area contributed by atoms with E-state index < -0.39 is 0 Å². The number of hydrogen-bond donors (Lipinski definition) is 1. The van der Waals surface area contributed by atoms with Crippen LogP contribution in [0.4, 0.5) is 0 Å². The van der Waals surface area contributed by atoms with Crippen molar-refractivity contribution in [3.8, 4) is 6.07 Å². The molecule has 0 aliphatic carbocycles. The molecular formula is C23H22N6O2. The average molecular weight is 414 g/mol. The molecule has 0 saturated carbocycles. The highest BCUT2D eigenvalue weighted by molar-refractivity contribution is 5.92. The summed E-state index contributed by atoms with van der Waals surface area (Å²) in [7, 11) is 1.78. The highest BCUT2D eigenvalue weighted by atomic mass is 16.2. The molecule has 1 aromatic carbocycles. The lowest BCUT2D eigenvalue weighted by atomic mass is 9.95. The van der Waals surface area contributed by atoms with Crippen LogP contribution in [0.1, 0.15) is 39.6 Å². The molecule has 31 heavy (non-hydrogen) atoms. The molecule has 0 bridgehead atoms. The highest BCUT2D eigenvalue weighted by Gasteiger charge is 2.39. The maximum absolute atomic E-state index is 12.4. The second kappa shape index (κ2) is 8.79. The summed E-state index contributed by atoms with van der Waals surface area (Å²) in [5, 5.41) is 16.2. The molecular weight excluding hydrogens is 392 g/mol. The van der Waals surface area contributed by atoms with Crippen molar-refractivity contribution in [3.05, 3.63) is 83.4 Å². The number of rotatable bonds is 6. The first kappa shape index (κ1) is 20.3. The molecule has 2 aromatic heterocycles. The number of likely N-dealkylation sites (tertiary alicyclic amines) is 1. The lowest BCUT2D eigenvalue weighted by molar-refractivity contribution is -0.127. The van der Waals surface area contributed by atoms with Gasteiger partial charge in [-0.2, -0.15) is 10.4 Å². The number of hydrogen-bond acceptors (Lipinski definition) is 5. The molecule has 3 heterocycles. The van der Waals surface area contributed by atoms with Crippen LogP contribution in [0.25, 0.3) is 0 Å². The van der Waals surface area contributed by atoms with Crippen molar-refractivity contribution >= 4 is 11.8 Å². The summed E-state index contributed by atoms with van der Waals surface area (Å²) in [5.41, 5.74) is 2.72. The van der Waals surface area contributed by atoms with Gasteiger partial charge in [0.05, 0.1) is 24.3 Å². The van der Waals surface area contributed by atoms with E-state index in [1.54, 1.807) is 24.2 Å². The molecule has 3 aromatic rings. The van der Waals surface area contributed by atoms with Gasteiger partial charge in [0.15, 0.2) is 0 Å². The van der Waals surface area contributed by atoms with Crippen LogP contribution in [0.3, 0.4) is 0 Å². The number of pyridine rings is 1. The minimum atomic E-state index is -0.329. The van der Waals surface area contributed by atoms with E-state index in [2.05, 4.69) is 15.4 Å². The quantitative estimate of drug-likeness (QED) is 0.666. The van der Waals surface area contributed by atoms with Crippen molar-refractivity contribution in [2.45, 2.75) is 19.0 Å². The standard InChI is InChI=1S/C23H22N6O2/c1-28-21(30)9-18(12-26-23(31)20-8-7-17(10-24)11-25-20)22(28)19-13-27-29(15-19)14-16-5-3-2-4-6-16/h2-8,11,13,15,18,22H,9,12,14H2,1H3,(H,26,31)/t18-,22+/m0/s1. The molecule has 8 nitrogen and oxygen atoms in total. The Morgan fingerprint density at radius 1 is 1.23 bits per heavy atom. The van der Waals surface area contributed by atoms with Crippen molar-refractivity contribution in [3.63, 3.8) is 0 Å². The minimum Gasteiger partial charge on any atom is -0.350 e. The fraction of sp³-hybridized carbons (Fsp3) is 0.261. The number of nitriles is 1. The Labute approximate surface area is 180 Å². The first-order valence-corrected chi connectivity index (χ1v) is 10.0. The zero-order chi connectivity index (χ0) is 21.8. The molecule has 8 heteroatoms. The van der Waals surface area contributed by atoms with Crippen molar-refractivity contribution in [2.24, 2.45) is 5.92 Å². The normalized spacial score (nSPS) is 18.1. The maximum atomic E-state index is 12.4. The smallest absolute Gasteiger partial charge is 0.269 e. The average Bonchev–Trinajstić information content (AvgIpc) is 3.36. The first-order valence-electron chi connectivity index (χ1n) is 10.0. The van der Waals surface area contributed by atoms with E-state index in [1.807, 2.05) is 47.3 Å². The Balaban J connectivity index is 1.44. The molecule has 1 saturated heterocycles. The SMILES string of the molecule is CN1C(=O)C[C@@H](CNC(=O)c2ccc(C#N)cn2)[C@@H]1c1cnn(Cc2ccccc2)c1. The summed E-state index contributed by atoms with van der Waals surface area (Å²) in [4.78, 5) is 30.6. The van der Waals surface area contributed by atoms with Gasteiger partial charge in [-0.25, -0.2) is 4.98 Å². The van der Waals surface area contributed by atoms with Crippen molar-refractivity contribution < 1.29 is 9.59 Å². The summed E-state index contributed by atoms with van der Waals surface area (Å²) in [6.07, 6.45) is 5.47. The highest BCUT2D eigenvalue weighted by Crippen LogP contribution is 2.36. The molecule has 0 spiro atoms. The molecule has 1 fully saturated rings.